The summed E-state index contributed by atoms with van der Waals surface area (Å²) in [5.41, 5.74) is 2.50. The van der Waals surface area contributed by atoms with Crippen molar-refractivity contribution < 1.29 is 19.4 Å². The van der Waals surface area contributed by atoms with Crippen molar-refractivity contribution in [2.45, 2.75) is 20.0 Å². The van der Waals surface area contributed by atoms with E-state index in [1.54, 1.807) is 24.4 Å². The van der Waals surface area contributed by atoms with Gasteiger partial charge in [-0.1, -0.05) is 22.0 Å². The van der Waals surface area contributed by atoms with E-state index in [1.165, 1.54) is 14.0 Å². The van der Waals surface area contributed by atoms with Crippen LogP contribution in [0.4, 0.5) is 5.69 Å². The molecule has 2 aromatic rings. The van der Waals surface area contributed by atoms with Gasteiger partial charge in [0, 0.05) is 16.3 Å². The Kier molecular flexibility index (Phi) is 5.98. The number of aliphatic carboxylic acids is 1. The van der Waals surface area contributed by atoms with Gasteiger partial charge in [-0.05, 0) is 49.7 Å². The predicted octanol–water partition coefficient (Wildman–Crippen LogP) is 4.37. The Morgan fingerprint density at radius 3 is 2.71 bits per heavy atom. The summed E-state index contributed by atoms with van der Waals surface area (Å²) in [6.07, 6.45) is 0.637. The number of benzene rings is 2. The Hall–Kier alpha value is -2.34. The lowest BCUT2D eigenvalue weighted by atomic mass is 10.2. The summed E-state index contributed by atoms with van der Waals surface area (Å²) in [6, 6.07) is 11.1. The highest BCUT2D eigenvalue weighted by Crippen LogP contribution is 2.31. The summed E-state index contributed by atoms with van der Waals surface area (Å²) >= 11 is 3.45. The fraction of sp³-hybridized carbons (Fsp3) is 0.222. The molecule has 5 nitrogen and oxygen atoms in total. The van der Waals surface area contributed by atoms with E-state index >= 15 is 0 Å². The van der Waals surface area contributed by atoms with Crippen molar-refractivity contribution in [3.05, 3.63) is 52.0 Å². The number of nitrogens with zero attached hydrogens (tertiary/aromatic N) is 1. The van der Waals surface area contributed by atoms with E-state index < -0.39 is 12.1 Å². The first-order valence-corrected chi connectivity index (χ1v) is 8.08. The molecule has 0 spiro atoms. The zero-order valence-corrected chi connectivity index (χ0v) is 15.2. The van der Waals surface area contributed by atoms with Crippen molar-refractivity contribution >= 4 is 33.8 Å². The molecule has 1 atom stereocenters. The summed E-state index contributed by atoms with van der Waals surface area (Å²) in [5, 5.41) is 9.06. The monoisotopic (exact) mass is 391 g/mol. The van der Waals surface area contributed by atoms with E-state index in [1.807, 2.05) is 25.1 Å². The van der Waals surface area contributed by atoms with E-state index in [-0.39, 0.29) is 0 Å². The van der Waals surface area contributed by atoms with Crippen LogP contribution in [0.5, 0.6) is 11.5 Å². The third-order valence-corrected chi connectivity index (χ3v) is 4.26. The fourth-order valence-electron chi connectivity index (χ4n) is 2.00. The van der Waals surface area contributed by atoms with Crippen LogP contribution in [0.3, 0.4) is 0 Å². The zero-order chi connectivity index (χ0) is 17.7. The van der Waals surface area contributed by atoms with E-state index in [0.717, 1.165) is 15.7 Å². The second-order valence-corrected chi connectivity index (χ2v) is 6.02. The standard InChI is InChI=1S/C18H18BrNO4/c1-11-9-14(7-8-15(11)19)20-10-13-5-4-6-16(23-3)17(13)24-12(2)18(21)22/h4-10,12H,1-3H3,(H,21,22)/t12-/m0/s1. The highest BCUT2D eigenvalue weighted by Gasteiger charge is 2.17. The maximum atomic E-state index is 11.1. The van der Waals surface area contributed by atoms with Gasteiger partial charge < -0.3 is 14.6 Å². The van der Waals surface area contributed by atoms with Crippen LogP contribution in [0, 0.1) is 6.92 Å². The van der Waals surface area contributed by atoms with Crippen LogP contribution >= 0.6 is 15.9 Å². The lowest BCUT2D eigenvalue weighted by Crippen LogP contribution is -2.23. The smallest absolute Gasteiger partial charge is 0.344 e. The first-order chi connectivity index (χ1) is 11.4. The molecule has 2 rings (SSSR count). The van der Waals surface area contributed by atoms with Crippen molar-refractivity contribution in [3.8, 4) is 11.5 Å². The molecule has 0 saturated heterocycles. The van der Waals surface area contributed by atoms with E-state index in [2.05, 4.69) is 20.9 Å². The maximum Gasteiger partial charge on any atom is 0.344 e. The molecule has 1 N–H and O–H groups in total. The molecule has 0 fully saturated rings. The van der Waals surface area contributed by atoms with Gasteiger partial charge in [-0.15, -0.1) is 0 Å². The second kappa shape index (κ2) is 7.97. The summed E-state index contributed by atoms with van der Waals surface area (Å²) in [5.74, 6) is -0.237. The first-order valence-electron chi connectivity index (χ1n) is 7.29. The van der Waals surface area contributed by atoms with Gasteiger partial charge in [-0.2, -0.15) is 0 Å². The number of aliphatic imine (C=N–C) groups is 1. The quantitative estimate of drug-likeness (QED) is 0.742. The van der Waals surface area contributed by atoms with Gasteiger partial charge in [0.1, 0.15) is 0 Å². The highest BCUT2D eigenvalue weighted by atomic mass is 79.9. The Balaban J connectivity index is 2.36. The topological polar surface area (TPSA) is 68.1 Å². The molecule has 0 unspecified atom stereocenters. The van der Waals surface area contributed by atoms with Gasteiger partial charge in [0.25, 0.3) is 0 Å². The fourth-order valence-corrected chi connectivity index (χ4v) is 2.25. The average molecular weight is 392 g/mol. The molecule has 0 aliphatic carbocycles. The molecule has 0 aliphatic heterocycles. The number of carboxylic acids is 1. The van der Waals surface area contributed by atoms with E-state index in [4.69, 9.17) is 14.6 Å². The van der Waals surface area contributed by atoms with Gasteiger partial charge in [-0.3, -0.25) is 4.99 Å². The van der Waals surface area contributed by atoms with E-state index in [0.29, 0.717) is 17.1 Å². The Bertz CT molecular complexity index is 774. The van der Waals surface area contributed by atoms with Gasteiger partial charge in [0.15, 0.2) is 17.6 Å². The van der Waals surface area contributed by atoms with Gasteiger partial charge in [-0.25, -0.2) is 4.79 Å². The summed E-state index contributed by atoms with van der Waals surface area (Å²) in [7, 11) is 1.51. The number of para-hydroxylation sites is 1. The van der Waals surface area contributed by atoms with Gasteiger partial charge in [0.2, 0.25) is 0 Å². The SMILES string of the molecule is COc1cccc(C=Nc2ccc(Br)c(C)c2)c1O[C@@H](C)C(=O)O. The molecule has 0 aromatic heterocycles. The summed E-state index contributed by atoms with van der Waals surface area (Å²) < 4.78 is 11.8. The van der Waals surface area contributed by atoms with Gasteiger partial charge >= 0.3 is 5.97 Å². The molecule has 0 bridgehead atoms. The van der Waals surface area contributed by atoms with Crippen molar-refractivity contribution in [3.63, 3.8) is 0 Å². The highest BCUT2D eigenvalue weighted by molar-refractivity contribution is 9.10. The number of halogens is 1. The zero-order valence-electron chi connectivity index (χ0n) is 13.6. The minimum atomic E-state index is -1.05. The molecule has 0 aliphatic rings. The van der Waals surface area contributed by atoms with Crippen LogP contribution in [-0.4, -0.2) is 30.5 Å². The summed E-state index contributed by atoms with van der Waals surface area (Å²) in [4.78, 5) is 15.5. The average Bonchev–Trinajstić information content (AvgIpc) is 2.56. The molecule has 2 aromatic carbocycles. The summed E-state index contributed by atoms with van der Waals surface area (Å²) in [6.45, 7) is 3.45. The number of hydrogen-bond donors (Lipinski definition) is 1. The van der Waals surface area contributed by atoms with Crippen molar-refractivity contribution in [2.24, 2.45) is 4.99 Å². The van der Waals surface area contributed by atoms with E-state index in [9.17, 15) is 4.79 Å². The van der Waals surface area contributed by atoms with Crippen LogP contribution in [0.2, 0.25) is 0 Å². The number of aryl methyl sites for hydroxylation is 1. The number of carboxylic acid groups (broad SMARTS) is 1. The van der Waals surface area contributed by atoms with Gasteiger partial charge in [0.05, 0.1) is 12.8 Å². The molecular formula is C18H18BrNO4. The first kappa shape index (κ1) is 18.0. The Morgan fingerprint density at radius 1 is 1.33 bits per heavy atom. The number of hydrogen-bond acceptors (Lipinski definition) is 4. The lowest BCUT2D eigenvalue weighted by Gasteiger charge is -2.15. The molecule has 24 heavy (non-hydrogen) atoms. The molecule has 6 heteroatoms. The molecular weight excluding hydrogens is 374 g/mol. The molecule has 0 saturated carbocycles. The minimum absolute atomic E-state index is 0.354. The third kappa shape index (κ3) is 4.35. The van der Waals surface area contributed by atoms with Crippen LogP contribution in [0.15, 0.2) is 45.9 Å². The molecule has 0 heterocycles. The number of carbonyl (C=O) groups is 1. The second-order valence-electron chi connectivity index (χ2n) is 5.17. The Morgan fingerprint density at radius 2 is 2.08 bits per heavy atom. The normalized spacial score (nSPS) is 12.2. The minimum Gasteiger partial charge on any atom is -0.493 e. The molecule has 0 radical (unpaired) electrons. The van der Waals surface area contributed by atoms with Crippen LogP contribution in [0.1, 0.15) is 18.1 Å². The molecule has 126 valence electrons. The Labute approximate surface area is 149 Å². The van der Waals surface area contributed by atoms with Crippen molar-refractivity contribution in [1.82, 2.24) is 0 Å². The lowest BCUT2D eigenvalue weighted by molar-refractivity contribution is -0.144. The predicted molar refractivity (Wildman–Crippen MR) is 96.9 cm³/mol. The van der Waals surface area contributed by atoms with Crippen LogP contribution < -0.4 is 9.47 Å². The van der Waals surface area contributed by atoms with Crippen LogP contribution in [-0.2, 0) is 4.79 Å². The number of methoxy groups -OCH3 is 1. The molecule has 0 amide bonds. The largest absolute Gasteiger partial charge is 0.493 e. The number of rotatable bonds is 6. The van der Waals surface area contributed by atoms with Crippen molar-refractivity contribution in [1.29, 1.82) is 0 Å². The number of ether oxygens (including phenoxy) is 2. The van der Waals surface area contributed by atoms with Crippen molar-refractivity contribution in [2.75, 3.05) is 7.11 Å². The van der Waals surface area contributed by atoms with Crippen LogP contribution in [0.25, 0.3) is 0 Å². The third-order valence-electron chi connectivity index (χ3n) is 3.37. The maximum absolute atomic E-state index is 11.1.